The van der Waals surface area contributed by atoms with Crippen LogP contribution in [0, 0.1) is 0 Å². The summed E-state index contributed by atoms with van der Waals surface area (Å²) < 4.78 is 5.02. The van der Waals surface area contributed by atoms with Crippen LogP contribution in [0.5, 0.6) is 0 Å². The molecule has 0 aliphatic carbocycles. The van der Waals surface area contributed by atoms with Crippen molar-refractivity contribution in [3.63, 3.8) is 0 Å². The number of carbonyl (C=O) groups excluding carboxylic acids is 3. The molecule has 1 unspecified atom stereocenters. The van der Waals surface area contributed by atoms with Crippen molar-refractivity contribution in [1.82, 2.24) is 20.4 Å². The van der Waals surface area contributed by atoms with Crippen molar-refractivity contribution in [3.8, 4) is 0 Å². The Kier molecular flexibility index (Phi) is 6.58. The summed E-state index contributed by atoms with van der Waals surface area (Å²) in [4.78, 5) is 39.9. The van der Waals surface area contributed by atoms with Gasteiger partial charge >= 0.3 is 0 Å². The third-order valence-electron chi connectivity index (χ3n) is 3.96. The molecule has 138 valence electrons. The second kappa shape index (κ2) is 8.66. The molecule has 1 aromatic rings. The fraction of sp³-hybridized carbons (Fsp3) is 0.588. The monoisotopic (exact) mass is 350 g/mol. The third-order valence-corrected chi connectivity index (χ3v) is 3.96. The van der Waals surface area contributed by atoms with E-state index in [0.29, 0.717) is 32.7 Å². The standard InChI is InChI=1S/C17H26N4O4/c1-12(2)18-15(22)11-20-6-8-21(9-7-20)17(24)13(3)19-16(23)14-5-4-10-25-14/h4-5,10,12-13H,6-9,11H2,1-3H3,(H,18,22)(H,19,23). The summed E-state index contributed by atoms with van der Waals surface area (Å²) in [6.07, 6.45) is 1.41. The lowest BCUT2D eigenvalue weighted by molar-refractivity contribution is -0.134. The fourth-order valence-corrected chi connectivity index (χ4v) is 2.71. The second-order valence-electron chi connectivity index (χ2n) is 6.50. The van der Waals surface area contributed by atoms with Crippen LogP contribution in [0.25, 0.3) is 0 Å². The van der Waals surface area contributed by atoms with Crippen molar-refractivity contribution in [2.45, 2.75) is 32.9 Å². The molecule has 8 heteroatoms. The Bertz CT molecular complexity index is 592. The van der Waals surface area contributed by atoms with Gasteiger partial charge in [0.25, 0.3) is 5.91 Å². The molecule has 1 saturated heterocycles. The smallest absolute Gasteiger partial charge is 0.287 e. The van der Waals surface area contributed by atoms with Crippen LogP contribution in [-0.2, 0) is 9.59 Å². The van der Waals surface area contributed by atoms with Gasteiger partial charge in [-0.2, -0.15) is 0 Å². The molecule has 1 atom stereocenters. The van der Waals surface area contributed by atoms with Crippen LogP contribution in [0.2, 0.25) is 0 Å². The maximum Gasteiger partial charge on any atom is 0.287 e. The quantitative estimate of drug-likeness (QED) is 0.757. The molecule has 1 aliphatic heterocycles. The lowest BCUT2D eigenvalue weighted by Gasteiger charge is -2.35. The molecule has 0 aromatic carbocycles. The number of amides is 3. The topological polar surface area (TPSA) is 94.9 Å². The number of piperazine rings is 1. The van der Waals surface area contributed by atoms with Gasteiger partial charge in [-0.05, 0) is 32.9 Å². The molecule has 8 nitrogen and oxygen atoms in total. The highest BCUT2D eigenvalue weighted by atomic mass is 16.3. The minimum atomic E-state index is -0.631. The van der Waals surface area contributed by atoms with Crippen LogP contribution in [-0.4, -0.2) is 72.3 Å². The molecule has 0 bridgehead atoms. The predicted octanol–water partition coefficient (Wildman–Crippen LogP) is 0.0667. The van der Waals surface area contributed by atoms with Gasteiger partial charge in [0.05, 0.1) is 12.8 Å². The Morgan fingerprint density at radius 2 is 1.80 bits per heavy atom. The highest BCUT2D eigenvalue weighted by Gasteiger charge is 2.27. The normalized spacial score (nSPS) is 16.6. The summed E-state index contributed by atoms with van der Waals surface area (Å²) in [6, 6.07) is 2.66. The molecule has 2 rings (SSSR count). The Labute approximate surface area is 147 Å². The van der Waals surface area contributed by atoms with Gasteiger partial charge in [-0.15, -0.1) is 0 Å². The second-order valence-corrected chi connectivity index (χ2v) is 6.50. The highest BCUT2D eigenvalue weighted by Crippen LogP contribution is 2.06. The first-order chi connectivity index (χ1) is 11.9. The van der Waals surface area contributed by atoms with Gasteiger partial charge in [0.15, 0.2) is 5.76 Å². The van der Waals surface area contributed by atoms with E-state index in [0.717, 1.165) is 0 Å². The van der Waals surface area contributed by atoms with Crippen molar-refractivity contribution < 1.29 is 18.8 Å². The van der Waals surface area contributed by atoms with E-state index in [1.807, 2.05) is 18.7 Å². The zero-order valence-electron chi connectivity index (χ0n) is 14.9. The van der Waals surface area contributed by atoms with Gasteiger partial charge in [-0.1, -0.05) is 0 Å². The number of hydrogen-bond donors (Lipinski definition) is 2. The Morgan fingerprint density at radius 3 is 2.36 bits per heavy atom. The van der Waals surface area contributed by atoms with E-state index in [-0.39, 0.29) is 23.6 Å². The largest absolute Gasteiger partial charge is 0.459 e. The molecule has 2 N–H and O–H groups in total. The van der Waals surface area contributed by atoms with E-state index in [1.165, 1.54) is 6.26 Å². The molecule has 0 spiro atoms. The average molecular weight is 350 g/mol. The Morgan fingerprint density at radius 1 is 1.12 bits per heavy atom. The highest BCUT2D eigenvalue weighted by molar-refractivity contribution is 5.95. The summed E-state index contributed by atoms with van der Waals surface area (Å²) in [7, 11) is 0. The first-order valence-electron chi connectivity index (χ1n) is 8.51. The minimum Gasteiger partial charge on any atom is -0.459 e. The number of nitrogens with zero attached hydrogens (tertiary/aromatic N) is 2. The van der Waals surface area contributed by atoms with Gasteiger partial charge in [0, 0.05) is 32.2 Å². The average Bonchev–Trinajstić information content (AvgIpc) is 3.08. The van der Waals surface area contributed by atoms with E-state index < -0.39 is 11.9 Å². The lowest BCUT2D eigenvalue weighted by atomic mass is 10.2. The van der Waals surface area contributed by atoms with Crippen molar-refractivity contribution >= 4 is 17.7 Å². The maximum absolute atomic E-state index is 12.5. The molecular weight excluding hydrogens is 324 g/mol. The molecule has 1 fully saturated rings. The number of carbonyl (C=O) groups is 3. The number of nitrogens with one attached hydrogen (secondary N) is 2. The lowest BCUT2D eigenvalue weighted by Crippen LogP contribution is -2.55. The van der Waals surface area contributed by atoms with E-state index in [1.54, 1.807) is 24.0 Å². The molecular formula is C17H26N4O4. The van der Waals surface area contributed by atoms with Crippen LogP contribution in [0.3, 0.4) is 0 Å². The molecule has 25 heavy (non-hydrogen) atoms. The first kappa shape index (κ1) is 19.0. The van der Waals surface area contributed by atoms with Crippen LogP contribution < -0.4 is 10.6 Å². The van der Waals surface area contributed by atoms with Gasteiger partial charge < -0.3 is 20.0 Å². The van der Waals surface area contributed by atoms with Crippen LogP contribution >= 0.6 is 0 Å². The van der Waals surface area contributed by atoms with E-state index >= 15 is 0 Å². The van der Waals surface area contributed by atoms with Gasteiger partial charge in [-0.3, -0.25) is 19.3 Å². The molecule has 0 radical (unpaired) electrons. The van der Waals surface area contributed by atoms with Crippen molar-refractivity contribution in [1.29, 1.82) is 0 Å². The summed E-state index contributed by atoms with van der Waals surface area (Å²) in [6.45, 7) is 8.19. The maximum atomic E-state index is 12.5. The summed E-state index contributed by atoms with van der Waals surface area (Å²) >= 11 is 0. The zero-order chi connectivity index (χ0) is 18.4. The van der Waals surface area contributed by atoms with Crippen molar-refractivity contribution in [2.24, 2.45) is 0 Å². The van der Waals surface area contributed by atoms with E-state index in [2.05, 4.69) is 10.6 Å². The third kappa shape index (κ3) is 5.60. The number of furan rings is 1. The zero-order valence-corrected chi connectivity index (χ0v) is 14.9. The van der Waals surface area contributed by atoms with Crippen LogP contribution in [0.4, 0.5) is 0 Å². The minimum absolute atomic E-state index is 0.00569. The van der Waals surface area contributed by atoms with E-state index in [4.69, 9.17) is 4.42 Å². The number of rotatable bonds is 6. The van der Waals surface area contributed by atoms with Crippen LogP contribution in [0.1, 0.15) is 31.3 Å². The SMILES string of the molecule is CC(C)NC(=O)CN1CCN(C(=O)C(C)NC(=O)c2ccco2)CC1. The summed E-state index contributed by atoms with van der Waals surface area (Å²) in [5.74, 6) is -0.365. The van der Waals surface area contributed by atoms with Gasteiger partial charge in [0.2, 0.25) is 11.8 Å². The fourth-order valence-electron chi connectivity index (χ4n) is 2.71. The van der Waals surface area contributed by atoms with Crippen molar-refractivity contribution in [3.05, 3.63) is 24.2 Å². The van der Waals surface area contributed by atoms with Gasteiger partial charge in [0.1, 0.15) is 6.04 Å². The molecule has 1 aliphatic rings. The molecule has 3 amide bonds. The molecule has 0 saturated carbocycles. The summed E-state index contributed by atoms with van der Waals surface area (Å²) in [5.41, 5.74) is 0. The molecule has 1 aromatic heterocycles. The van der Waals surface area contributed by atoms with E-state index in [9.17, 15) is 14.4 Å². The predicted molar refractivity (Wildman–Crippen MR) is 91.9 cm³/mol. The van der Waals surface area contributed by atoms with Gasteiger partial charge in [-0.25, -0.2) is 0 Å². The Balaban J connectivity index is 1.76. The summed E-state index contributed by atoms with van der Waals surface area (Å²) in [5, 5.41) is 5.50. The van der Waals surface area contributed by atoms with Crippen LogP contribution in [0.15, 0.2) is 22.8 Å². The molecule has 2 heterocycles. The first-order valence-corrected chi connectivity index (χ1v) is 8.51. The number of hydrogen-bond acceptors (Lipinski definition) is 5. The Hall–Kier alpha value is -2.35. The van der Waals surface area contributed by atoms with Crippen molar-refractivity contribution in [2.75, 3.05) is 32.7 Å².